The van der Waals surface area contributed by atoms with Crippen molar-refractivity contribution in [1.82, 2.24) is 0 Å². The number of fused-ring (bicyclic) bond motifs is 9. The molecule has 38 heavy (non-hydrogen) atoms. The molecule has 1 saturated carbocycles. The van der Waals surface area contributed by atoms with E-state index in [1.807, 2.05) is 11.3 Å². The quantitative estimate of drug-likeness (QED) is 0.216. The molecule has 3 aliphatic heterocycles. The molecule has 2 unspecified atom stereocenters. The van der Waals surface area contributed by atoms with Crippen LogP contribution < -0.4 is 25.5 Å². The summed E-state index contributed by atoms with van der Waals surface area (Å²) in [4.78, 5) is 5.35. The first-order valence-corrected chi connectivity index (χ1v) is 14.9. The minimum atomic E-state index is 0.0851. The first kappa shape index (κ1) is 21.4. The molecule has 2 atom stereocenters. The number of nitrogens with zero attached hydrogens (tertiary/aromatic N) is 2. The van der Waals surface area contributed by atoms with Crippen LogP contribution in [-0.4, -0.2) is 12.3 Å². The standard InChI is InChI=1S/C34H29BN2S/c1-33-20-8-9-21-34(33,2)37-27-18-11-17-26-29(27)35(25-16-10-15-24(33)31(25)37)32-30(23-14-6-7-19-28(23)38-32)36(26)22-12-4-3-5-13-22/h3-7,10-19H,8-9,20-21H2,1-2H3. The Hall–Kier alpha value is -3.50. The van der Waals surface area contributed by atoms with Crippen molar-refractivity contribution in [2.45, 2.75) is 50.5 Å². The zero-order valence-electron chi connectivity index (χ0n) is 21.9. The zero-order valence-corrected chi connectivity index (χ0v) is 22.7. The lowest BCUT2D eigenvalue weighted by atomic mass is 9.36. The van der Waals surface area contributed by atoms with Gasteiger partial charge in [0.25, 0.3) is 6.71 Å². The molecular formula is C34H29BN2S. The number of hydrogen-bond acceptors (Lipinski definition) is 3. The van der Waals surface area contributed by atoms with Gasteiger partial charge in [0.15, 0.2) is 0 Å². The number of benzene rings is 4. The first-order valence-electron chi connectivity index (χ1n) is 14.0. The van der Waals surface area contributed by atoms with E-state index in [1.165, 1.54) is 79.9 Å². The van der Waals surface area contributed by atoms with Gasteiger partial charge in [-0.1, -0.05) is 80.4 Å². The van der Waals surface area contributed by atoms with Gasteiger partial charge < -0.3 is 9.80 Å². The molecule has 1 aromatic heterocycles. The molecule has 0 spiro atoms. The molecule has 0 radical (unpaired) electrons. The normalized spacial score (nSPS) is 24.2. The van der Waals surface area contributed by atoms with Crippen LogP contribution in [0.15, 0.2) is 91.0 Å². The molecule has 4 heteroatoms. The van der Waals surface area contributed by atoms with E-state index >= 15 is 0 Å². The smallest absolute Gasteiger partial charge is 0.264 e. The summed E-state index contributed by atoms with van der Waals surface area (Å²) in [6, 6.07) is 34.3. The van der Waals surface area contributed by atoms with Crippen LogP contribution in [0.4, 0.5) is 28.4 Å². The third-order valence-corrected chi connectivity index (χ3v) is 11.6. The van der Waals surface area contributed by atoms with Crippen LogP contribution in [0.1, 0.15) is 45.1 Å². The Bertz CT molecular complexity index is 1790. The van der Waals surface area contributed by atoms with Gasteiger partial charge in [0.1, 0.15) is 0 Å². The van der Waals surface area contributed by atoms with Gasteiger partial charge in [-0.15, -0.1) is 11.3 Å². The molecule has 4 aromatic carbocycles. The highest BCUT2D eigenvalue weighted by Crippen LogP contribution is 2.61. The van der Waals surface area contributed by atoms with Gasteiger partial charge in [0, 0.05) is 43.0 Å². The predicted octanol–water partition coefficient (Wildman–Crippen LogP) is 7.26. The Morgan fingerprint density at radius 3 is 2.39 bits per heavy atom. The molecule has 1 fully saturated rings. The second kappa shape index (κ2) is 7.12. The highest BCUT2D eigenvalue weighted by molar-refractivity contribution is 7.33. The average molecular weight is 508 g/mol. The maximum atomic E-state index is 2.80. The van der Waals surface area contributed by atoms with Crippen molar-refractivity contribution >= 4 is 72.3 Å². The van der Waals surface area contributed by atoms with E-state index in [0.29, 0.717) is 0 Å². The van der Waals surface area contributed by atoms with E-state index in [9.17, 15) is 0 Å². The van der Waals surface area contributed by atoms with Gasteiger partial charge >= 0.3 is 0 Å². The van der Waals surface area contributed by atoms with Crippen molar-refractivity contribution in [3.63, 3.8) is 0 Å². The molecule has 4 aliphatic rings. The molecule has 1 aliphatic carbocycles. The van der Waals surface area contributed by atoms with Gasteiger partial charge in [-0.3, -0.25) is 0 Å². The molecule has 0 amide bonds. The second-order valence-corrected chi connectivity index (χ2v) is 13.1. The summed E-state index contributed by atoms with van der Waals surface area (Å²) in [5, 5.41) is 1.36. The summed E-state index contributed by atoms with van der Waals surface area (Å²) in [5.41, 5.74) is 11.7. The fourth-order valence-corrected chi connectivity index (χ4v) is 9.81. The average Bonchev–Trinajstić information content (AvgIpc) is 3.43. The largest absolute Gasteiger partial charge is 0.335 e. The van der Waals surface area contributed by atoms with Crippen molar-refractivity contribution in [2.75, 3.05) is 9.80 Å². The monoisotopic (exact) mass is 508 g/mol. The second-order valence-electron chi connectivity index (χ2n) is 12.0. The highest BCUT2D eigenvalue weighted by atomic mass is 32.1. The van der Waals surface area contributed by atoms with E-state index in [0.717, 1.165) is 0 Å². The van der Waals surface area contributed by atoms with Crippen molar-refractivity contribution < 1.29 is 0 Å². The molecule has 0 saturated heterocycles. The molecule has 4 heterocycles. The predicted molar refractivity (Wildman–Crippen MR) is 164 cm³/mol. The van der Waals surface area contributed by atoms with Crippen molar-refractivity contribution in [1.29, 1.82) is 0 Å². The third kappa shape index (κ3) is 2.34. The Labute approximate surface area is 228 Å². The molecule has 0 N–H and O–H groups in total. The van der Waals surface area contributed by atoms with E-state index in [2.05, 4.69) is 115 Å². The van der Waals surface area contributed by atoms with Crippen LogP contribution in [0.5, 0.6) is 0 Å². The minimum absolute atomic E-state index is 0.0851. The van der Waals surface area contributed by atoms with E-state index in [4.69, 9.17) is 0 Å². The summed E-state index contributed by atoms with van der Waals surface area (Å²) in [6.07, 6.45) is 5.13. The summed E-state index contributed by atoms with van der Waals surface area (Å²) in [6.45, 7) is 5.37. The Balaban J connectivity index is 1.43. The lowest BCUT2D eigenvalue weighted by Crippen LogP contribution is -2.63. The number of thiophene rings is 1. The van der Waals surface area contributed by atoms with Gasteiger partial charge in [-0.05, 0) is 66.6 Å². The number of rotatable bonds is 1. The maximum absolute atomic E-state index is 2.80. The van der Waals surface area contributed by atoms with Crippen molar-refractivity contribution in [3.05, 3.63) is 96.6 Å². The lowest BCUT2D eigenvalue weighted by Gasteiger charge is -2.52. The van der Waals surface area contributed by atoms with E-state index in [1.54, 1.807) is 5.56 Å². The Morgan fingerprint density at radius 1 is 0.737 bits per heavy atom. The van der Waals surface area contributed by atoms with E-state index in [-0.39, 0.29) is 17.7 Å². The van der Waals surface area contributed by atoms with Crippen LogP contribution in [0, 0.1) is 0 Å². The maximum Gasteiger partial charge on any atom is 0.264 e. The summed E-state index contributed by atoms with van der Waals surface area (Å²) < 4.78 is 2.85. The molecule has 0 bridgehead atoms. The minimum Gasteiger partial charge on any atom is -0.335 e. The summed E-state index contributed by atoms with van der Waals surface area (Å²) in [5.74, 6) is 0. The van der Waals surface area contributed by atoms with Crippen LogP contribution in [0.25, 0.3) is 10.1 Å². The zero-order chi connectivity index (χ0) is 25.2. The fraction of sp³-hybridized carbons (Fsp3) is 0.235. The van der Waals surface area contributed by atoms with Crippen LogP contribution in [-0.2, 0) is 5.41 Å². The SMILES string of the molecule is CC12CCCCC1(C)N1c3cccc4c3B(c3cccc2c31)c1sc2ccccc2c1N4c1ccccc1. The van der Waals surface area contributed by atoms with Crippen LogP contribution in [0.2, 0.25) is 0 Å². The van der Waals surface area contributed by atoms with Crippen LogP contribution in [0.3, 0.4) is 0 Å². The van der Waals surface area contributed by atoms with Gasteiger partial charge in [-0.25, -0.2) is 0 Å². The van der Waals surface area contributed by atoms with Gasteiger partial charge in [0.05, 0.1) is 11.2 Å². The fourth-order valence-electron chi connectivity index (χ4n) is 8.50. The summed E-state index contributed by atoms with van der Waals surface area (Å²) >= 11 is 1.99. The molecular weight excluding hydrogens is 479 g/mol. The molecule has 9 rings (SSSR count). The first-order chi connectivity index (χ1) is 18.6. The number of hydrogen-bond donors (Lipinski definition) is 0. The van der Waals surface area contributed by atoms with Gasteiger partial charge in [0.2, 0.25) is 0 Å². The summed E-state index contributed by atoms with van der Waals surface area (Å²) in [7, 11) is 0. The Morgan fingerprint density at radius 2 is 1.50 bits per heavy atom. The van der Waals surface area contributed by atoms with Gasteiger partial charge in [-0.2, -0.15) is 0 Å². The lowest BCUT2D eigenvalue weighted by molar-refractivity contribution is 0.195. The van der Waals surface area contributed by atoms with Crippen LogP contribution >= 0.6 is 11.3 Å². The topological polar surface area (TPSA) is 6.48 Å². The molecule has 184 valence electrons. The highest BCUT2D eigenvalue weighted by Gasteiger charge is 2.61. The third-order valence-electron chi connectivity index (χ3n) is 10.4. The Kier molecular flexibility index (Phi) is 4.02. The molecule has 5 aromatic rings. The molecule has 2 nitrogen and oxygen atoms in total. The van der Waals surface area contributed by atoms with E-state index < -0.39 is 0 Å². The van der Waals surface area contributed by atoms with Crippen molar-refractivity contribution in [3.8, 4) is 0 Å². The number of para-hydroxylation sites is 2. The van der Waals surface area contributed by atoms with Crippen molar-refractivity contribution in [2.24, 2.45) is 0 Å². The number of anilines is 5.